The molecule has 176 valence electrons. The molecule has 0 radical (unpaired) electrons. The number of rotatable bonds is 6. The van der Waals surface area contributed by atoms with E-state index in [2.05, 4.69) is 46.0 Å². The van der Waals surface area contributed by atoms with Gasteiger partial charge in [-0.15, -0.1) is 0 Å². The third-order valence-corrected chi connectivity index (χ3v) is 7.04. The number of aryl methyl sites for hydroxylation is 1. The summed E-state index contributed by atoms with van der Waals surface area (Å²) < 4.78 is 1.98. The number of hydrogen-bond acceptors (Lipinski definition) is 7. The van der Waals surface area contributed by atoms with Gasteiger partial charge < -0.3 is 9.80 Å². The smallest absolute Gasteiger partial charge is 0.172 e. The van der Waals surface area contributed by atoms with Gasteiger partial charge in [0.2, 0.25) is 0 Å². The van der Waals surface area contributed by atoms with Crippen molar-refractivity contribution < 1.29 is 0 Å². The molecular formula is C26H32N8. The summed E-state index contributed by atoms with van der Waals surface area (Å²) in [7, 11) is 0. The van der Waals surface area contributed by atoms with Gasteiger partial charge in [-0.3, -0.25) is 4.90 Å². The minimum absolute atomic E-state index is 0.514. The topological polar surface area (TPSA) is 77.1 Å². The van der Waals surface area contributed by atoms with Crippen molar-refractivity contribution in [2.75, 3.05) is 49.1 Å². The number of benzene rings is 1. The average molecular weight is 457 g/mol. The molecule has 2 fully saturated rings. The molecule has 0 spiro atoms. The Morgan fingerprint density at radius 3 is 2.21 bits per heavy atom. The van der Waals surface area contributed by atoms with Crippen molar-refractivity contribution in [2.45, 2.75) is 32.7 Å². The predicted molar refractivity (Wildman–Crippen MR) is 133 cm³/mol. The molecule has 1 aromatic carbocycles. The predicted octanol–water partition coefficient (Wildman–Crippen LogP) is 3.42. The van der Waals surface area contributed by atoms with Crippen LogP contribution in [0.3, 0.4) is 0 Å². The number of anilines is 2. The van der Waals surface area contributed by atoms with E-state index in [9.17, 15) is 0 Å². The van der Waals surface area contributed by atoms with Crippen LogP contribution in [0.5, 0.6) is 0 Å². The van der Waals surface area contributed by atoms with Crippen LogP contribution >= 0.6 is 0 Å². The zero-order valence-electron chi connectivity index (χ0n) is 19.8. The second-order valence-corrected chi connectivity index (χ2v) is 9.28. The summed E-state index contributed by atoms with van der Waals surface area (Å²) in [6, 6.07) is 12.6. The fraction of sp³-hybridized carbons (Fsp3) is 0.462. The first-order chi connectivity index (χ1) is 16.7. The first kappa shape index (κ1) is 22.4. The fourth-order valence-electron chi connectivity index (χ4n) is 4.97. The van der Waals surface area contributed by atoms with E-state index in [0.717, 1.165) is 81.7 Å². The highest BCUT2D eigenvalue weighted by atomic mass is 15.3. The van der Waals surface area contributed by atoms with Gasteiger partial charge in [-0.25, -0.2) is 14.6 Å². The lowest BCUT2D eigenvalue weighted by Crippen LogP contribution is -2.47. The van der Waals surface area contributed by atoms with Gasteiger partial charge in [0, 0.05) is 76.4 Å². The SMILES string of the molecule is Cc1nn(-c2ccccc2)cc1CN1CCN(c2nccnc2N2CCC(CC#N)CC2)CC1. The Hall–Kier alpha value is -3.44. The first-order valence-corrected chi connectivity index (χ1v) is 12.2. The molecule has 5 rings (SSSR count). The van der Waals surface area contributed by atoms with E-state index in [1.807, 2.05) is 22.9 Å². The van der Waals surface area contributed by atoms with Crippen LogP contribution in [-0.4, -0.2) is 63.9 Å². The average Bonchev–Trinajstić information content (AvgIpc) is 3.26. The summed E-state index contributed by atoms with van der Waals surface area (Å²) in [5.41, 5.74) is 3.45. The number of nitrogens with zero attached hydrogens (tertiary/aromatic N) is 8. The largest absolute Gasteiger partial charge is 0.354 e. The maximum Gasteiger partial charge on any atom is 0.172 e. The van der Waals surface area contributed by atoms with Crippen LogP contribution in [0.25, 0.3) is 5.69 Å². The number of aromatic nitrogens is 4. The molecule has 34 heavy (non-hydrogen) atoms. The molecule has 0 N–H and O–H groups in total. The summed E-state index contributed by atoms with van der Waals surface area (Å²) in [5, 5.41) is 13.7. The lowest BCUT2D eigenvalue weighted by atomic mass is 9.94. The van der Waals surface area contributed by atoms with Gasteiger partial charge in [0.05, 0.1) is 17.5 Å². The Bertz CT molecular complexity index is 1120. The second kappa shape index (κ2) is 10.2. The highest BCUT2D eigenvalue weighted by Crippen LogP contribution is 2.30. The Morgan fingerprint density at radius 1 is 0.912 bits per heavy atom. The number of nitriles is 1. The van der Waals surface area contributed by atoms with Crippen LogP contribution in [0, 0.1) is 24.2 Å². The van der Waals surface area contributed by atoms with Crippen molar-refractivity contribution in [3.8, 4) is 11.8 Å². The third kappa shape index (κ3) is 4.90. The molecule has 0 aliphatic carbocycles. The molecule has 4 heterocycles. The lowest BCUT2D eigenvalue weighted by Gasteiger charge is -2.38. The van der Waals surface area contributed by atoms with Crippen LogP contribution in [0.1, 0.15) is 30.5 Å². The standard InChI is InChI=1S/C26H32N8/c1-21-23(20-34(30-21)24-5-3-2-4-6-24)19-31-15-17-33(18-16-31)26-25(28-11-12-29-26)32-13-8-22(7-10-27)9-14-32/h2-6,11-12,20,22H,7-9,13-19H2,1H3. The van der Waals surface area contributed by atoms with Crippen molar-refractivity contribution in [2.24, 2.45) is 5.92 Å². The Kier molecular flexibility index (Phi) is 6.72. The van der Waals surface area contributed by atoms with Crippen LogP contribution in [0.4, 0.5) is 11.6 Å². The Balaban J connectivity index is 1.21. The van der Waals surface area contributed by atoms with E-state index in [-0.39, 0.29) is 0 Å². The van der Waals surface area contributed by atoms with Crippen molar-refractivity contribution in [3.05, 3.63) is 60.2 Å². The zero-order chi connectivity index (χ0) is 23.3. The van der Waals surface area contributed by atoms with Crippen LogP contribution < -0.4 is 9.80 Å². The van der Waals surface area contributed by atoms with Gasteiger partial charge in [-0.2, -0.15) is 10.4 Å². The van der Waals surface area contributed by atoms with Crippen molar-refractivity contribution in [1.29, 1.82) is 5.26 Å². The maximum atomic E-state index is 9.00. The molecule has 0 unspecified atom stereocenters. The molecule has 0 amide bonds. The highest BCUT2D eigenvalue weighted by molar-refractivity contribution is 5.62. The van der Waals surface area contributed by atoms with E-state index < -0.39 is 0 Å². The summed E-state index contributed by atoms with van der Waals surface area (Å²) >= 11 is 0. The highest BCUT2D eigenvalue weighted by Gasteiger charge is 2.26. The summed E-state index contributed by atoms with van der Waals surface area (Å²) in [6.07, 6.45) is 8.51. The van der Waals surface area contributed by atoms with Crippen molar-refractivity contribution in [1.82, 2.24) is 24.6 Å². The van der Waals surface area contributed by atoms with Gasteiger partial charge in [-0.05, 0) is 37.8 Å². The third-order valence-electron chi connectivity index (χ3n) is 7.04. The summed E-state index contributed by atoms with van der Waals surface area (Å²) in [4.78, 5) is 16.7. The van der Waals surface area contributed by atoms with Gasteiger partial charge in [0.15, 0.2) is 11.6 Å². The molecule has 8 nitrogen and oxygen atoms in total. The number of piperidine rings is 1. The minimum Gasteiger partial charge on any atom is -0.354 e. The molecule has 0 saturated carbocycles. The summed E-state index contributed by atoms with van der Waals surface area (Å²) in [5.74, 6) is 2.50. The molecule has 2 aliphatic heterocycles. The monoisotopic (exact) mass is 456 g/mol. The van der Waals surface area contributed by atoms with Crippen molar-refractivity contribution in [3.63, 3.8) is 0 Å². The van der Waals surface area contributed by atoms with Crippen LogP contribution in [-0.2, 0) is 6.54 Å². The van der Waals surface area contributed by atoms with E-state index in [1.165, 1.54) is 5.56 Å². The van der Waals surface area contributed by atoms with Crippen LogP contribution in [0.15, 0.2) is 48.9 Å². The summed E-state index contributed by atoms with van der Waals surface area (Å²) in [6.45, 7) is 8.73. The van der Waals surface area contributed by atoms with E-state index >= 15 is 0 Å². The van der Waals surface area contributed by atoms with Gasteiger partial charge in [-0.1, -0.05) is 18.2 Å². The zero-order valence-corrected chi connectivity index (χ0v) is 19.8. The molecule has 2 aliphatic rings. The van der Waals surface area contributed by atoms with E-state index in [0.29, 0.717) is 12.3 Å². The van der Waals surface area contributed by atoms with Gasteiger partial charge >= 0.3 is 0 Å². The molecule has 2 aromatic heterocycles. The number of hydrogen-bond donors (Lipinski definition) is 0. The van der Waals surface area contributed by atoms with Gasteiger partial charge in [0.25, 0.3) is 0 Å². The first-order valence-electron chi connectivity index (χ1n) is 12.2. The fourth-order valence-corrected chi connectivity index (χ4v) is 4.97. The molecule has 8 heteroatoms. The number of para-hydroxylation sites is 1. The Morgan fingerprint density at radius 2 is 1.56 bits per heavy atom. The minimum atomic E-state index is 0.514. The molecular weight excluding hydrogens is 424 g/mol. The van der Waals surface area contributed by atoms with Crippen molar-refractivity contribution >= 4 is 11.6 Å². The maximum absolute atomic E-state index is 9.00. The second-order valence-electron chi connectivity index (χ2n) is 9.28. The lowest BCUT2D eigenvalue weighted by molar-refractivity contribution is 0.249. The number of piperazine rings is 1. The normalized spacial score (nSPS) is 17.6. The quantitative estimate of drug-likeness (QED) is 0.562. The van der Waals surface area contributed by atoms with Gasteiger partial charge in [0.1, 0.15) is 0 Å². The Labute approximate surface area is 201 Å². The van der Waals surface area contributed by atoms with E-state index in [1.54, 1.807) is 12.4 Å². The van der Waals surface area contributed by atoms with E-state index in [4.69, 9.17) is 20.3 Å². The molecule has 0 atom stereocenters. The molecule has 3 aromatic rings. The molecule has 2 saturated heterocycles. The molecule has 0 bridgehead atoms. The van der Waals surface area contributed by atoms with Crippen LogP contribution in [0.2, 0.25) is 0 Å².